The van der Waals surface area contributed by atoms with E-state index in [1.807, 2.05) is 13.8 Å². The van der Waals surface area contributed by atoms with Crippen molar-refractivity contribution in [1.82, 2.24) is 0 Å². The lowest BCUT2D eigenvalue weighted by Crippen LogP contribution is -2.24. The maximum absolute atomic E-state index is 5.36. The van der Waals surface area contributed by atoms with Crippen LogP contribution in [-0.4, -0.2) is 11.3 Å². The third-order valence-corrected chi connectivity index (χ3v) is 1.23. The van der Waals surface area contributed by atoms with Gasteiger partial charge in [-0.1, -0.05) is 6.92 Å². The Hall–Kier alpha value is 0.310. The molecule has 2 atom stereocenters. The summed E-state index contributed by atoms with van der Waals surface area (Å²) in [7, 11) is 0. The Morgan fingerprint density at radius 1 is 1.50 bits per heavy atom. The van der Waals surface area contributed by atoms with Crippen LogP contribution in [-0.2, 0) is 0 Å². The second-order valence-corrected chi connectivity index (χ2v) is 2.41. The first-order valence-corrected chi connectivity index (χ1v) is 2.60. The monoisotopic (exact) mass is 105 g/mol. The summed E-state index contributed by atoms with van der Waals surface area (Å²) in [6.45, 7) is 3.92. The quantitative estimate of drug-likeness (QED) is 0.470. The Morgan fingerprint density at radius 2 is 1.67 bits per heavy atom. The van der Waals surface area contributed by atoms with Crippen LogP contribution in [0.2, 0.25) is 0 Å². The SMILES string of the molecule is CC(S)[C@H](C)N. The maximum Gasteiger partial charge on any atom is 0.0137 e. The third kappa shape index (κ3) is 2.54. The average molecular weight is 105 g/mol. The van der Waals surface area contributed by atoms with Gasteiger partial charge in [-0.2, -0.15) is 12.6 Å². The van der Waals surface area contributed by atoms with Crippen LogP contribution in [0.25, 0.3) is 0 Å². The van der Waals surface area contributed by atoms with Crippen molar-refractivity contribution in [2.24, 2.45) is 5.73 Å². The largest absolute Gasteiger partial charge is 0.327 e. The number of nitrogens with two attached hydrogens (primary N) is 1. The van der Waals surface area contributed by atoms with E-state index in [0.717, 1.165) is 0 Å². The van der Waals surface area contributed by atoms with Gasteiger partial charge in [0.15, 0.2) is 0 Å². The van der Waals surface area contributed by atoms with Crippen LogP contribution in [0, 0.1) is 0 Å². The van der Waals surface area contributed by atoms with Crippen molar-refractivity contribution in [3.8, 4) is 0 Å². The molecule has 2 N–H and O–H groups in total. The molecule has 38 valence electrons. The van der Waals surface area contributed by atoms with E-state index in [9.17, 15) is 0 Å². The summed E-state index contributed by atoms with van der Waals surface area (Å²) >= 11 is 4.07. The molecule has 0 saturated carbocycles. The Labute approximate surface area is 44.3 Å². The van der Waals surface area contributed by atoms with Gasteiger partial charge in [0.25, 0.3) is 0 Å². The summed E-state index contributed by atoms with van der Waals surface area (Å²) in [5.41, 5.74) is 5.36. The fourth-order valence-electron chi connectivity index (χ4n) is 0. The van der Waals surface area contributed by atoms with Crippen molar-refractivity contribution in [1.29, 1.82) is 0 Å². The number of thiol groups is 1. The minimum atomic E-state index is 0.216. The summed E-state index contributed by atoms with van der Waals surface area (Å²) in [5, 5.41) is 0.324. The first-order chi connectivity index (χ1) is 2.64. The molecule has 0 rings (SSSR count). The molecule has 0 aliphatic rings. The van der Waals surface area contributed by atoms with Crippen LogP contribution in [0.1, 0.15) is 13.8 Å². The predicted molar refractivity (Wildman–Crippen MR) is 32.1 cm³/mol. The third-order valence-electron chi connectivity index (χ3n) is 0.761. The van der Waals surface area contributed by atoms with Crippen molar-refractivity contribution < 1.29 is 0 Å². The van der Waals surface area contributed by atoms with Gasteiger partial charge in [-0.25, -0.2) is 0 Å². The summed E-state index contributed by atoms with van der Waals surface area (Å²) < 4.78 is 0. The van der Waals surface area contributed by atoms with E-state index in [4.69, 9.17) is 5.73 Å². The minimum Gasteiger partial charge on any atom is -0.327 e. The first kappa shape index (κ1) is 6.31. The molecule has 0 aromatic rings. The molecule has 0 saturated heterocycles. The van der Waals surface area contributed by atoms with E-state index in [1.165, 1.54) is 0 Å². The Bertz CT molecular complexity index is 28.5. The normalized spacial score (nSPS) is 20.0. The van der Waals surface area contributed by atoms with Crippen LogP contribution in [0.5, 0.6) is 0 Å². The highest BCUT2D eigenvalue weighted by molar-refractivity contribution is 7.81. The molecule has 0 radical (unpaired) electrons. The molecule has 0 aliphatic heterocycles. The second-order valence-electron chi connectivity index (χ2n) is 1.60. The molecule has 0 bridgehead atoms. The molecule has 0 aromatic heterocycles. The highest BCUT2D eigenvalue weighted by atomic mass is 32.1. The van der Waals surface area contributed by atoms with Gasteiger partial charge < -0.3 is 5.73 Å². The average Bonchev–Trinajstić information content (AvgIpc) is 1.36. The smallest absolute Gasteiger partial charge is 0.0137 e. The van der Waals surface area contributed by atoms with E-state index in [1.54, 1.807) is 0 Å². The summed E-state index contributed by atoms with van der Waals surface area (Å²) in [6.07, 6.45) is 0. The highest BCUT2D eigenvalue weighted by Gasteiger charge is 1.96. The fraction of sp³-hybridized carbons (Fsp3) is 1.00. The summed E-state index contributed by atoms with van der Waals surface area (Å²) in [5.74, 6) is 0. The lowest BCUT2D eigenvalue weighted by Gasteiger charge is -2.05. The van der Waals surface area contributed by atoms with E-state index >= 15 is 0 Å². The zero-order valence-electron chi connectivity index (χ0n) is 4.18. The molecule has 0 aliphatic carbocycles. The van der Waals surface area contributed by atoms with Gasteiger partial charge in [-0.3, -0.25) is 0 Å². The zero-order valence-corrected chi connectivity index (χ0v) is 5.07. The molecular weight excluding hydrogens is 94.1 g/mol. The summed E-state index contributed by atoms with van der Waals surface area (Å²) in [4.78, 5) is 0. The zero-order chi connectivity index (χ0) is 5.15. The van der Waals surface area contributed by atoms with Gasteiger partial charge >= 0.3 is 0 Å². The topological polar surface area (TPSA) is 26.0 Å². The Balaban J connectivity index is 2.99. The van der Waals surface area contributed by atoms with E-state index in [0.29, 0.717) is 5.25 Å². The van der Waals surface area contributed by atoms with E-state index in [-0.39, 0.29) is 6.04 Å². The standard InChI is InChI=1S/C4H11NS/c1-3(5)4(2)6/h3-4,6H,5H2,1-2H3/t3-,4?/m0/s1. The molecule has 6 heavy (non-hydrogen) atoms. The van der Waals surface area contributed by atoms with E-state index < -0.39 is 0 Å². The van der Waals surface area contributed by atoms with Crippen LogP contribution in [0.3, 0.4) is 0 Å². The number of hydrogen-bond acceptors (Lipinski definition) is 2. The lowest BCUT2D eigenvalue weighted by molar-refractivity contribution is 0.735. The number of rotatable bonds is 1. The fourth-order valence-corrected chi connectivity index (χ4v) is 0. The van der Waals surface area contributed by atoms with Crippen LogP contribution < -0.4 is 5.73 Å². The van der Waals surface area contributed by atoms with Crippen molar-refractivity contribution in [3.63, 3.8) is 0 Å². The van der Waals surface area contributed by atoms with E-state index in [2.05, 4.69) is 12.6 Å². The molecular formula is C4H11NS. The molecule has 0 fully saturated rings. The molecule has 0 heterocycles. The molecule has 1 nitrogen and oxygen atoms in total. The van der Waals surface area contributed by atoms with Gasteiger partial charge in [0.05, 0.1) is 0 Å². The van der Waals surface area contributed by atoms with Crippen molar-refractivity contribution in [2.45, 2.75) is 25.1 Å². The van der Waals surface area contributed by atoms with Crippen molar-refractivity contribution in [2.75, 3.05) is 0 Å². The van der Waals surface area contributed by atoms with Crippen LogP contribution >= 0.6 is 12.6 Å². The molecule has 0 amide bonds. The molecule has 2 heteroatoms. The highest BCUT2D eigenvalue weighted by Crippen LogP contribution is 1.94. The molecule has 0 aromatic carbocycles. The van der Waals surface area contributed by atoms with Gasteiger partial charge in [0, 0.05) is 11.3 Å². The first-order valence-electron chi connectivity index (χ1n) is 2.08. The van der Waals surface area contributed by atoms with Gasteiger partial charge in [0.1, 0.15) is 0 Å². The lowest BCUT2D eigenvalue weighted by atomic mass is 10.3. The molecule has 1 unspecified atom stereocenters. The number of hydrogen-bond donors (Lipinski definition) is 2. The Kier molecular flexibility index (Phi) is 2.61. The van der Waals surface area contributed by atoms with Gasteiger partial charge in [0.2, 0.25) is 0 Å². The molecule has 0 spiro atoms. The van der Waals surface area contributed by atoms with Crippen molar-refractivity contribution >= 4 is 12.6 Å². The predicted octanol–water partition coefficient (Wildman–Crippen LogP) is 0.652. The van der Waals surface area contributed by atoms with Crippen LogP contribution in [0.15, 0.2) is 0 Å². The summed E-state index contributed by atoms with van der Waals surface area (Å²) in [6, 6.07) is 0.216. The van der Waals surface area contributed by atoms with Gasteiger partial charge in [-0.05, 0) is 6.92 Å². The van der Waals surface area contributed by atoms with Crippen molar-refractivity contribution in [3.05, 3.63) is 0 Å². The second kappa shape index (κ2) is 2.48. The minimum absolute atomic E-state index is 0.216. The maximum atomic E-state index is 5.36. The van der Waals surface area contributed by atoms with Crippen LogP contribution in [0.4, 0.5) is 0 Å². The Morgan fingerprint density at radius 3 is 1.67 bits per heavy atom. The van der Waals surface area contributed by atoms with Gasteiger partial charge in [-0.15, -0.1) is 0 Å².